The van der Waals surface area contributed by atoms with Gasteiger partial charge in [-0.15, -0.1) is 0 Å². The second kappa shape index (κ2) is 20.6. The zero-order valence-corrected chi connectivity index (χ0v) is 50.1. The summed E-state index contributed by atoms with van der Waals surface area (Å²) in [6.45, 7) is 0. The molecule has 0 aliphatic heterocycles. The summed E-state index contributed by atoms with van der Waals surface area (Å²) in [4.78, 5) is 0. The van der Waals surface area contributed by atoms with Gasteiger partial charge in [-0.1, -0.05) is 0 Å². The van der Waals surface area contributed by atoms with Crippen LogP contribution in [0.4, 0.5) is 0 Å². The molecule has 0 saturated carbocycles. The zero-order valence-electron chi connectivity index (χ0n) is 25.1. The number of para-hydroxylation sites is 1. The molecule has 1 aromatic carbocycles. The molecule has 59 heavy (non-hydrogen) atoms. The van der Waals surface area contributed by atoms with E-state index in [4.69, 9.17) is 7.52 Å². The van der Waals surface area contributed by atoms with E-state index in [-0.39, 0.29) is 0 Å². The Hall–Kier alpha value is 2.15. The fourth-order valence-electron chi connectivity index (χ4n) is 2.01. The first-order chi connectivity index (χ1) is 25.6. The van der Waals surface area contributed by atoms with Crippen LogP contribution in [0.1, 0.15) is 0 Å². The summed E-state index contributed by atoms with van der Waals surface area (Å²) in [6, 6.07) is 5.18. The van der Waals surface area contributed by atoms with Gasteiger partial charge >= 0.3 is 370 Å². The van der Waals surface area contributed by atoms with Crippen LogP contribution in [-0.2, 0) is 315 Å². The molecule has 0 fully saturated rings. The number of hydrogen-bond donors (Lipinski definition) is 2. The Morgan fingerprint density at radius 1 is 0.322 bits per heavy atom. The summed E-state index contributed by atoms with van der Waals surface area (Å²) >= 11 is -97.5. The third kappa shape index (κ3) is 26.8. The maximum absolute atomic E-state index is 13.0. The Morgan fingerprint density at radius 3 is 0.797 bits per heavy atom. The van der Waals surface area contributed by atoms with E-state index in [0.29, 0.717) is 0 Å². The first-order valence-electron chi connectivity index (χ1n) is 10.9. The van der Waals surface area contributed by atoms with Gasteiger partial charge in [0.15, 0.2) is 0 Å². The molecule has 2 N–H and O–H groups in total. The van der Waals surface area contributed by atoms with E-state index in [9.17, 15) is 86.1 Å². The zero-order chi connectivity index (χ0) is 46.8. The fraction of sp³-hybridized carbons (Fsp3) is 0. The van der Waals surface area contributed by atoms with E-state index in [1.807, 2.05) is 0 Å². The van der Waals surface area contributed by atoms with E-state index in [0.717, 1.165) is 24.3 Å². The molecule has 0 radical (unpaired) electrons. The Kier molecular flexibility index (Phi) is 20.6. The first kappa shape index (κ1) is 59.2. The molecule has 53 heteroatoms. The van der Waals surface area contributed by atoms with Crippen molar-refractivity contribution in [3.63, 3.8) is 0 Å². The number of rotatable bonds is 26. The molecular weight excluding hydrogens is 1890 g/mol. The van der Waals surface area contributed by atoms with Crippen molar-refractivity contribution >= 4 is 7.82 Å². The molecule has 0 amide bonds. The maximum atomic E-state index is 13.0. The third-order valence-corrected chi connectivity index (χ3v) is 64.3. The molecule has 0 saturated heterocycles. The van der Waals surface area contributed by atoms with E-state index < -0.39 is 215 Å². The van der Waals surface area contributed by atoms with Crippen molar-refractivity contribution in [2.75, 3.05) is 0 Å². The SMILES string of the molecule is O=P([O][Mo](=[O])(=[O])[O][Mo](=[O])(=[O])[O][Mo](=[O])(=[O])[O][Mo](=[O])(=[O])[OH])([O][Mo](=[O])(=[O])[O][Mo](=[O])(=[O])[O][Mo](=[O])(=[O])[O][Mo](=[O])(=[O])[OH])[O][Mo](=[O])(=[O])[O][Mo](=[O])(=[O])[O][Mo](=[O])(=[O])[O][Mo](=[O])(=[O])[O]c1ccccc1. The van der Waals surface area contributed by atoms with Crippen LogP contribution in [-0.4, -0.2) is 7.52 Å². The van der Waals surface area contributed by atoms with Crippen molar-refractivity contribution in [2.45, 2.75) is 0 Å². The molecule has 40 nitrogen and oxygen atoms in total. The van der Waals surface area contributed by atoms with Crippen molar-refractivity contribution in [1.82, 2.24) is 0 Å². The van der Waals surface area contributed by atoms with Gasteiger partial charge in [0, 0.05) is 0 Å². The molecule has 0 bridgehead atoms. The van der Waals surface area contributed by atoms with Crippen molar-refractivity contribution in [2.24, 2.45) is 0 Å². The number of benzene rings is 1. The van der Waals surface area contributed by atoms with Crippen molar-refractivity contribution < 1.29 is 326 Å². The molecular formula is C6H7Mo12O40P. The minimum absolute atomic E-state index is 0.679. The topological polar surface area (TPSA) is 587 Å². The van der Waals surface area contributed by atoms with E-state index in [2.05, 4.69) is 31.3 Å². The fourth-order valence-corrected chi connectivity index (χ4v) is 62.2. The van der Waals surface area contributed by atoms with Crippen LogP contribution >= 0.6 is 7.82 Å². The van der Waals surface area contributed by atoms with E-state index in [1.165, 1.54) is 6.07 Å². The average Bonchev–Trinajstić information content (AvgIpc) is 2.78. The van der Waals surface area contributed by atoms with Crippen molar-refractivity contribution in [1.29, 1.82) is 0 Å². The van der Waals surface area contributed by atoms with Crippen LogP contribution in [0.25, 0.3) is 0 Å². The van der Waals surface area contributed by atoms with Gasteiger partial charge in [-0.25, -0.2) is 0 Å². The molecule has 0 unspecified atom stereocenters. The molecule has 348 valence electrons. The van der Waals surface area contributed by atoms with Gasteiger partial charge in [0.1, 0.15) is 0 Å². The molecule has 1 rings (SSSR count). The van der Waals surface area contributed by atoms with Gasteiger partial charge < -0.3 is 0 Å². The van der Waals surface area contributed by atoms with Gasteiger partial charge in [0.25, 0.3) is 0 Å². The second-order valence-electron chi connectivity index (χ2n) is 7.62. The monoisotopic (exact) mass is 1920 g/mol. The molecule has 0 aliphatic rings. The van der Waals surface area contributed by atoms with Crippen LogP contribution in [0.3, 0.4) is 0 Å². The predicted octanol–water partition coefficient (Wildman–Crippen LogP) is -2.54. The number of hydrogen-bond acceptors (Lipinski definition) is 38. The molecule has 0 aromatic heterocycles. The Balaban J connectivity index is 3.63. The molecule has 0 heterocycles. The van der Waals surface area contributed by atoms with E-state index >= 15 is 0 Å². The molecule has 0 spiro atoms. The van der Waals surface area contributed by atoms with Crippen LogP contribution in [0.5, 0.6) is 5.75 Å². The third-order valence-electron chi connectivity index (χ3n) is 2.99. The van der Waals surface area contributed by atoms with Crippen molar-refractivity contribution in [3.8, 4) is 5.75 Å². The predicted molar refractivity (Wildman–Crippen MR) is 68.6 cm³/mol. The summed E-state index contributed by atoms with van der Waals surface area (Å²) < 4.78 is 352. The Labute approximate surface area is 363 Å². The Morgan fingerprint density at radius 2 is 0.542 bits per heavy atom. The number of phosphoric acid groups is 1. The summed E-state index contributed by atoms with van der Waals surface area (Å²) in [6.07, 6.45) is 0. The van der Waals surface area contributed by atoms with Crippen LogP contribution in [0, 0.1) is 0 Å². The average molecular weight is 1900 g/mol. The molecule has 0 aliphatic carbocycles. The van der Waals surface area contributed by atoms with Gasteiger partial charge in [0.05, 0.1) is 0 Å². The Bertz CT molecular complexity index is 3050. The van der Waals surface area contributed by atoms with Crippen LogP contribution in [0.2, 0.25) is 0 Å². The van der Waals surface area contributed by atoms with Crippen LogP contribution < -0.4 is 3.39 Å². The second-order valence-corrected chi connectivity index (χ2v) is 57.8. The normalized spacial score (nSPS) is 15.1. The first-order valence-corrected chi connectivity index (χ1v) is 51.8. The van der Waals surface area contributed by atoms with Crippen LogP contribution in [0.15, 0.2) is 30.3 Å². The van der Waals surface area contributed by atoms with Gasteiger partial charge in [-0.2, -0.15) is 0 Å². The van der Waals surface area contributed by atoms with Gasteiger partial charge in [-0.05, 0) is 0 Å². The quantitative estimate of drug-likeness (QED) is 0.0712. The molecule has 0 atom stereocenters. The standard InChI is InChI=1S/C6H6O.12Mo.H3O4P.2H2O.33O/c7-6-4-2-1-3-5-6;;;;;;;;;;;;;1-5(2,3)4;;;;;;;;;;;;;;;;;;;;;;;;;;;;;;;;;;;/h1-5,7H;;;;;;;;;;;;;(H3,1,2,3,4);2*1H2;;;;;;;;;;;;;;;;;;;;;;;;;;;;;;;;;/q;;;;;;;6*+1;;;;;;;;;;;;;;;;;;;;;;;;;;;;;;;;;;;;/p-6. The summed E-state index contributed by atoms with van der Waals surface area (Å²) in [7, 11) is -7.93. The van der Waals surface area contributed by atoms with E-state index in [1.54, 1.807) is 0 Å². The van der Waals surface area contributed by atoms with Gasteiger partial charge in [0.2, 0.25) is 0 Å². The van der Waals surface area contributed by atoms with Crippen molar-refractivity contribution in [3.05, 3.63) is 30.3 Å². The summed E-state index contributed by atoms with van der Waals surface area (Å²) in [5, 5.41) is 0. The summed E-state index contributed by atoms with van der Waals surface area (Å²) in [5.41, 5.74) is 0. The summed E-state index contributed by atoms with van der Waals surface area (Å²) in [5.74, 6) is -0.679. The van der Waals surface area contributed by atoms with Gasteiger partial charge in [-0.3, -0.25) is 0 Å². The minimum atomic E-state index is -8.84. The molecule has 1 aromatic rings.